The first-order chi connectivity index (χ1) is 19.5. The van der Waals surface area contributed by atoms with Crippen LogP contribution in [0, 0.1) is 0 Å². The van der Waals surface area contributed by atoms with Gasteiger partial charge >= 0.3 is 0 Å². The van der Waals surface area contributed by atoms with Crippen LogP contribution in [0.3, 0.4) is 0 Å². The van der Waals surface area contributed by atoms with Gasteiger partial charge in [0, 0.05) is 71.9 Å². The summed E-state index contributed by atoms with van der Waals surface area (Å²) in [6, 6.07) is 26.0. The molecule has 0 radical (unpaired) electrons. The second-order valence-corrected chi connectivity index (χ2v) is 10.1. The molecule has 0 fully saturated rings. The molecule has 3 aromatic carbocycles. The molecule has 0 unspecified atom stereocenters. The van der Waals surface area contributed by atoms with Crippen LogP contribution in [-0.2, 0) is 5.54 Å². The van der Waals surface area contributed by atoms with Crippen molar-refractivity contribution in [2.24, 2.45) is 0 Å². The van der Waals surface area contributed by atoms with Gasteiger partial charge in [-0.15, -0.1) is 0 Å². The Bertz CT molecular complexity index is 1530. The fraction of sp³-hybridized carbons (Fsp3) is 0.273. The molecule has 0 saturated carbocycles. The van der Waals surface area contributed by atoms with Crippen LogP contribution in [-0.4, -0.2) is 37.1 Å². The van der Waals surface area contributed by atoms with E-state index >= 15 is 0 Å². The molecule has 6 rings (SSSR count). The van der Waals surface area contributed by atoms with E-state index in [-0.39, 0.29) is 5.91 Å². The number of nitrogen functional groups attached to an aromatic ring is 1. The molecular formula is C33H35N5O2. The minimum Gasteiger partial charge on any atom is -0.456 e. The van der Waals surface area contributed by atoms with Crippen LogP contribution in [0.5, 0.6) is 11.5 Å². The van der Waals surface area contributed by atoms with Gasteiger partial charge in [-0.3, -0.25) is 9.69 Å². The minimum absolute atomic E-state index is 0.117. The number of hydrogen-bond acceptors (Lipinski definition) is 6. The maximum atomic E-state index is 14.3. The fourth-order valence-corrected chi connectivity index (χ4v) is 6.37. The number of benzene rings is 3. The molecule has 204 valence electrons. The van der Waals surface area contributed by atoms with Gasteiger partial charge in [0.1, 0.15) is 28.7 Å². The monoisotopic (exact) mass is 533 g/mol. The average Bonchev–Trinajstić information content (AvgIpc) is 3.23. The molecule has 0 saturated heterocycles. The van der Waals surface area contributed by atoms with Crippen LogP contribution in [0.15, 0.2) is 78.9 Å². The molecule has 7 nitrogen and oxygen atoms in total. The summed E-state index contributed by atoms with van der Waals surface area (Å²) in [5.41, 5.74) is 10.7. The van der Waals surface area contributed by atoms with Crippen molar-refractivity contribution in [1.82, 2.24) is 4.98 Å². The van der Waals surface area contributed by atoms with E-state index in [4.69, 9.17) is 10.5 Å². The number of nitrogens with two attached hydrogens (primary N) is 1. The highest BCUT2D eigenvalue weighted by atomic mass is 16.5. The van der Waals surface area contributed by atoms with Crippen molar-refractivity contribution in [3.63, 3.8) is 0 Å². The maximum absolute atomic E-state index is 14.3. The second-order valence-electron chi connectivity index (χ2n) is 10.1. The molecule has 1 aromatic heterocycles. The highest BCUT2D eigenvalue weighted by molar-refractivity contribution is 6.14. The van der Waals surface area contributed by atoms with Crippen LogP contribution >= 0.6 is 0 Å². The number of hydrogen-bond donors (Lipinski definition) is 1. The van der Waals surface area contributed by atoms with Crippen molar-refractivity contribution in [3.8, 4) is 11.5 Å². The van der Waals surface area contributed by atoms with E-state index in [9.17, 15) is 4.79 Å². The zero-order valence-electron chi connectivity index (χ0n) is 23.5. The molecule has 2 N–H and O–H groups in total. The predicted octanol–water partition coefficient (Wildman–Crippen LogP) is 6.41. The third kappa shape index (κ3) is 3.64. The van der Waals surface area contributed by atoms with Gasteiger partial charge in [-0.25, -0.2) is 4.98 Å². The van der Waals surface area contributed by atoms with Gasteiger partial charge in [0.25, 0.3) is 5.91 Å². The standard InChI is InChI=1S/C33H35N5O2/c1-5-36(6-2)22-16-18-26-28(20-22)40-29-21-23(37(7-3)8-4)17-19-27(29)33(26)25-13-10-9-12-24(25)32(39)38(33)31-15-11-14-30(34)35-31/h9-21H,5-8H2,1-4H3,(H2,34,35). The first-order valence-electron chi connectivity index (χ1n) is 14.1. The van der Waals surface area contributed by atoms with Crippen molar-refractivity contribution in [3.05, 3.63) is 101 Å². The van der Waals surface area contributed by atoms with Crippen LogP contribution in [0.25, 0.3) is 0 Å². The van der Waals surface area contributed by atoms with Crippen LogP contribution in [0.4, 0.5) is 23.0 Å². The number of amides is 1. The van der Waals surface area contributed by atoms with Crippen molar-refractivity contribution < 1.29 is 9.53 Å². The SMILES string of the molecule is CCN(CC)c1ccc2c(c1)Oc1cc(N(CC)CC)ccc1C21c2ccccc2C(=O)N1c1cccc(N)n1. The molecule has 2 aliphatic heterocycles. The number of ether oxygens (including phenoxy) is 1. The molecule has 3 heterocycles. The number of nitrogens with zero attached hydrogens (tertiary/aromatic N) is 4. The zero-order chi connectivity index (χ0) is 28.0. The van der Waals surface area contributed by atoms with E-state index in [2.05, 4.69) is 84.9 Å². The van der Waals surface area contributed by atoms with Gasteiger partial charge < -0.3 is 20.3 Å². The number of carbonyl (C=O) groups excluding carboxylic acids is 1. The number of rotatable bonds is 7. The molecule has 0 atom stereocenters. The highest BCUT2D eigenvalue weighted by Crippen LogP contribution is 2.59. The van der Waals surface area contributed by atoms with Gasteiger partial charge in [0.15, 0.2) is 0 Å². The Morgan fingerprint density at radius 3 is 1.88 bits per heavy atom. The Morgan fingerprint density at radius 1 is 0.750 bits per heavy atom. The van der Waals surface area contributed by atoms with Gasteiger partial charge in [-0.2, -0.15) is 0 Å². The van der Waals surface area contributed by atoms with E-state index < -0.39 is 5.54 Å². The lowest BCUT2D eigenvalue weighted by atomic mass is 9.74. The maximum Gasteiger partial charge on any atom is 0.261 e. The van der Waals surface area contributed by atoms with Gasteiger partial charge in [0.05, 0.1) is 0 Å². The summed E-state index contributed by atoms with van der Waals surface area (Å²) in [6.45, 7) is 12.1. The minimum atomic E-state index is -0.985. The molecule has 1 amide bonds. The first-order valence-corrected chi connectivity index (χ1v) is 14.1. The number of fused-ring (bicyclic) bond motifs is 6. The summed E-state index contributed by atoms with van der Waals surface area (Å²) in [7, 11) is 0. The average molecular weight is 534 g/mol. The number of carbonyl (C=O) groups is 1. The lowest BCUT2D eigenvalue weighted by molar-refractivity contribution is 0.0985. The summed E-state index contributed by atoms with van der Waals surface area (Å²) in [5, 5.41) is 0. The third-order valence-electron chi connectivity index (χ3n) is 8.26. The van der Waals surface area contributed by atoms with Crippen molar-refractivity contribution in [1.29, 1.82) is 0 Å². The summed E-state index contributed by atoms with van der Waals surface area (Å²) < 4.78 is 6.75. The Morgan fingerprint density at radius 2 is 1.32 bits per heavy atom. The Hall–Kier alpha value is -4.52. The quantitative estimate of drug-likeness (QED) is 0.296. The zero-order valence-corrected chi connectivity index (χ0v) is 23.5. The summed E-state index contributed by atoms with van der Waals surface area (Å²) in [4.78, 5) is 25.4. The number of pyridine rings is 1. The van der Waals surface area contributed by atoms with Crippen LogP contribution < -0.4 is 25.2 Å². The summed E-state index contributed by atoms with van der Waals surface area (Å²) in [6.07, 6.45) is 0. The van der Waals surface area contributed by atoms with E-state index in [1.807, 2.05) is 35.2 Å². The smallest absolute Gasteiger partial charge is 0.261 e. The van der Waals surface area contributed by atoms with Crippen LogP contribution in [0.1, 0.15) is 54.7 Å². The Balaban J connectivity index is 1.70. The summed E-state index contributed by atoms with van der Waals surface area (Å²) in [5.74, 6) is 2.20. The Labute approximate surface area is 235 Å². The third-order valence-corrected chi connectivity index (χ3v) is 8.26. The molecule has 7 heteroatoms. The second kappa shape index (κ2) is 9.90. The van der Waals surface area contributed by atoms with E-state index in [0.29, 0.717) is 17.2 Å². The van der Waals surface area contributed by atoms with Gasteiger partial charge in [-0.1, -0.05) is 36.4 Å². The van der Waals surface area contributed by atoms with Crippen molar-refractivity contribution in [2.45, 2.75) is 33.2 Å². The topological polar surface area (TPSA) is 74.9 Å². The predicted molar refractivity (Wildman–Crippen MR) is 162 cm³/mol. The number of anilines is 4. The normalized spacial score (nSPS) is 14.4. The molecule has 2 aliphatic rings. The molecule has 0 bridgehead atoms. The van der Waals surface area contributed by atoms with E-state index in [1.54, 1.807) is 6.07 Å². The van der Waals surface area contributed by atoms with Crippen LogP contribution in [0.2, 0.25) is 0 Å². The molecule has 1 spiro atoms. The van der Waals surface area contributed by atoms with Gasteiger partial charge in [0.2, 0.25) is 0 Å². The lowest BCUT2D eigenvalue weighted by Gasteiger charge is -2.44. The van der Waals surface area contributed by atoms with Crippen molar-refractivity contribution >= 4 is 28.9 Å². The molecular weight excluding hydrogens is 498 g/mol. The molecule has 40 heavy (non-hydrogen) atoms. The Kier molecular flexibility index (Phi) is 6.37. The first kappa shape index (κ1) is 25.7. The van der Waals surface area contributed by atoms with Crippen molar-refractivity contribution in [2.75, 3.05) is 46.6 Å². The largest absolute Gasteiger partial charge is 0.456 e. The number of aromatic nitrogens is 1. The van der Waals surface area contributed by atoms with E-state index in [1.165, 1.54) is 0 Å². The summed E-state index contributed by atoms with van der Waals surface area (Å²) >= 11 is 0. The molecule has 4 aromatic rings. The highest BCUT2D eigenvalue weighted by Gasteiger charge is 2.57. The van der Waals surface area contributed by atoms with E-state index in [0.717, 1.165) is 65.7 Å². The molecule has 0 aliphatic carbocycles. The lowest BCUT2D eigenvalue weighted by Crippen LogP contribution is -2.48. The van der Waals surface area contributed by atoms with Gasteiger partial charge in [-0.05, 0) is 58.0 Å². The fourth-order valence-electron chi connectivity index (χ4n) is 6.37.